The van der Waals surface area contributed by atoms with E-state index in [9.17, 15) is 8.42 Å². The van der Waals surface area contributed by atoms with Crippen molar-refractivity contribution in [3.05, 3.63) is 36.4 Å². The SMILES string of the molecule is C=Cc1ccc(S(=O)(=O)OCCCC)cc1. The number of benzene rings is 1. The van der Waals surface area contributed by atoms with Crippen LogP contribution in [0.3, 0.4) is 0 Å². The standard InChI is InChI=1S/C12H16O3S/c1-3-5-10-15-16(13,14)12-8-6-11(4-2)7-9-12/h4,6-9H,2-3,5,10H2,1H3. The third kappa shape index (κ3) is 3.47. The van der Waals surface area contributed by atoms with Crippen LogP contribution in [0.15, 0.2) is 35.7 Å². The van der Waals surface area contributed by atoms with Gasteiger partial charge in [-0.2, -0.15) is 8.42 Å². The Hall–Kier alpha value is -1.13. The lowest BCUT2D eigenvalue weighted by atomic mass is 10.2. The molecule has 0 aromatic heterocycles. The number of unbranched alkanes of at least 4 members (excludes halogenated alkanes) is 1. The Balaban J connectivity index is 2.77. The molecule has 0 aliphatic rings. The Bertz CT molecular complexity index is 432. The molecule has 0 radical (unpaired) electrons. The molecule has 0 spiro atoms. The summed E-state index contributed by atoms with van der Waals surface area (Å²) in [7, 11) is -3.59. The maximum absolute atomic E-state index is 11.7. The predicted octanol–water partition coefficient (Wildman–Crippen LogP) is 2.84. The number of hydrogen-bond donors (Lipinski definition) is 0. The quantitative estimate of drug-likeness (QED) is 0.567. The highest BCUT2D eigenvalue weighted by atomic mass is 32.2. The molecule has 0 saturated carbocycles. The Kier molecular flexibility index (Phi) is 4.71. The lowest BCUT2D eigenvalue weighted by Crippen LogP contribution is -2.07. The van der Waals surface area contributed by atoms with Crippen LogP contribution in [-0.2, 0) is 14.3 Å². The van der Waals surface area contributed by atoms with Crippen LogP contribution >= 0.6 is 0 Å². The van der Waals surface area contributed by atoms with Crippen molar-refractivity contribution < 1.29 is 12.6 Å². The summed E-state index contributed by atoms with van der Waals surface area (Å²) in [4.78, 5) is 0.189. The summed E-state index contributed by atoms with van der Waals surface area (Å²) in [5.74, 6) is 0. The van der Waals surface area contributed by atoms with Crippen molar-refractivity contribution in [2.24, 2.45) is 0 Å². The van der Waals surface area contributed by atoms with Gasteiger partial charge >= 0.3 is 0 Å². The van der Waals surface area contributed by atoms with Crippen molar-refractivity contribution in [1.29, 1.82) is 0 Å². The molecule has 1 aromatic carbocycles. The van der Waals surface area contributed by atoms with E-state index in [2.05, 4.69) is 6.58 Å². The van der Waals surface area contributed by atoms with Crippen LogP contribution in [0.4, 0.5) is 0 Å². The lowest BCUT2D eigenvalue weighted by Gasteiger charge is -2.05. The highest BCUT2D eigenvalue weighted by Crippen LogP contribution is 2.14. The van der Waals surface area contributed by atoms with Crippen molar-refractivity contribution in [1.82, 2.24) is 0 Å². The summed E-state index contributed by atoms with van der Waals surface area (Å²) in [6.45, 7) is 5.82. The van der Waals surface area contributed by atoms with Crippen LogP contribution in [0.2, 0.25) is 0 Å². The minimum absolute atomic E-state index is 0.189. The van der Waals surface area contributed by atoms with E-state index < -0.39 is 10.1 Å². The molecule has 0 saturated heterocycles. The average molecular weight is 240 g/mol. The third-order valence-electron chi connectivity index (χ3n) is 2.14. The summed E-state index contributed by atoms with van der Waals surface area (Å²) in [6, 6.07) is 6.45. The van der Waals surface area contributed by atoms with Gasteiger partial charge in [0.1, 0.15) is 0 Å². The minimum Gasteiger partial charge on any atom is -0.266 e. The monoisotopic (exact) mass is 240 g/mol. The molecule has 0 amide bonds. The van der Waals surface area contributed by atoms with Gasteiger partial charge in [-0.25, -0.2) is 0 Å². The second-order valence-electron chi connectivity index (χ2n) is 3.40. The van der Waals surface area contributed by atoms with Gasteiger partial charge in [0, 0.05) is 0 Å². The van der Waals surface area contributed by atoms with Gasteiger partial charge in [-0.1, -0.05) is 38.1 Å². The van der Waals surface area contributed by atoms with E-state index in [0.29, 0.717) is 0 Å². The molecule has 0 atom stereocenters. The molecule has 3 nitrogen and oxygen atoms in total. The Morgan fingerprint density at radius 1 is 1.31 bits per heavy atom. The zero-order valence-corrected chi connectivity index (χ0v) is 10.2. The Labute approximate surface area is 96.9 Å². The van der Waals surface area contributed by atoms with Gasteiger partial charge < -0.3 is 0 Å². The van der Waals surface area contributed by atoms with E-state index in [1.54, 1.807) is 18.2 Å². The summed E-state index contributed by atoms with van der Waals surface area (Å²) in [5.41, 5.74) is 0.882. The van der Waals surface area contributed by atoms with Crippen molar-refractivity contribution >= 4 is 16.2 Å². The van der Waals surface area contributed by atoms with Crippen molar-refractivity contribution in [2.45, 2.75) is 24.7 Å². The Morgan fingerprint density at radius 2 is 1.94 bits per heavy atom. The fraction of sp³-hybridized carbons (Fsp3) is 0.333. The van der Waals surface area contributed by atoms with Crippen molar-refractivity contribution in [2.75, 3.05) is 6.61 Å². The highest BCUT2D eigenvalue weighted by Gasteiger charge is 2.13. The smallest absolute Gasteiger partial charge is 0.266 e. The summed E-state index contributed by atoms with van der Waals surface area (Å²) >= 11 is 0. The molecular weight excluding hydrogens is 224 g/mol. The molecule has 0 fully saturated rings. The number of hydrogen-bond acceptors (Lipinski definition) is 3. The van der Waals surface area contributed by atoms with E-state index in [0.717, 1.165) is 18.4 Å². The molecule has 16 heavy (non-hydrogen) atoms. The topological polar surface area (TPSA) is 43.4 Å². The minimum atomic E-state index is -3.59. The first-order valence-corrected chi connectivity index (χ1v) is 6.63. The van der Waals surface area contributed by atoms with Gasteiger partial charge in [0.05, 0.1) is 11.5 Å². The van der Waals surface area contributed by atoms with Crippen LogP contribution in [-0.4, -0.2) is 15.0 Å². The van der Waals surface area contributed by atoms with Crippen LogP contribution < -0.4 is 0 Å². The first-order chi connectivity index (χ1) is 7.60. The predicted molar refractivity (Wildman–Crippen MR) is 64.6 cm³/mol. The first-order valence-electron chi connectivity index (χ1n) is 5.22. The maximum atomic E-state index is 11.7. The fourth-order valence-corrected chi connectivity index (χ4v) is 2.09. The van der Waals surface area contributed by atoms with E-state index >= 15 is 0 Å². The average Bonchev–Trinajstić information content (AvgIpc) is 2.29. The van der Waals surface area contributed by atoms with Crippen LogP contribution in [0.1, 0.15) is 25.3 Å². The van der Waals surface area contributed by atoms with Crippen molar-refractivity contribution in [3.63, 3.8) is 0 Å². The largest absolute Gasteiger partial charge is 0.296 e. The molecule has 0 bridgehead atoms. The van der Waals surface area contributed by atoms with Gasteiger partial charge in [0.25, 0.3) is 10.1 Å². The zero-order chi connectivity index (χ0) is 12.0. The summed E-state index contributed by atoms with van der Waals surface area (Å²) in [5, 5.41) is 0. The second kappa shape index (κ2) is 5.82. The molecule has 0 heterocycles. The van der Waals surface area contributed by atoms with Crippen LogP contribution in [0.5, 0.6) is 0 Å². The van der Waals surface area contributed by atoms with Gasteiger partial charge in [-0.05, 0) is 24.1 Å². The van der Waals surface area contributed by atoms with E-state index in [-0.39, 0.29) is 11.5 Å². The molecule has 1 aromatic rings. The molecule has 0 unspecified atom stereocenters. The molecule has 0 N–H and O–H groups in total. The summed E-state index contributed by atoms with van der Waals surface area (Å²) < 4.78 is 28.2. The third-order valence-corrected chi connectivity index (χ3v) is 3.47. The van der Waals surface area contributed by atoms with Crippen LogP contribution in [0.25, 0.3) is 6.08 Å². The van der Waals surface area contributed by atoms with Gasteiger partial charge in [0.15, 0.2) is 0 Å². The van der Waals surface area contributed by atoms with E-state index in [4.69, 9.17) is 4.18 Å². The van der Waals surface area contributed by atoms with E-state index in [1.165, 1.54) is 12.1 Å². The van der Waals surface area contributed by atoms with E-state index in [1.807, 2.05) is 6.92 Å². The zero-order valence-electron chi connectivity index (χ0n) is 9.35. The molecule has 4 heteroatoms. The van der Waals surface area contributed by atoms with Gasteiger partial charge in [-0.3, -0.25) is 4.18 Å². The fourth-order valence-electron chi connectivity index (χ4n) is 1.15. The van der Waals surface area contributed by atoms with Gasteiger partial charge in [0.2, 0.25) is 0 Å². The van der Waals surface area contributed by atoms with Gasteiger partial charge in [-0.15, -0.1) is 0 Å². The normalized spacial score (nSPS) is 11.3. The molecule has 88 valence electrons. The maximum Gasteiger partial charge on any atom is 0.296 e. The number of rotatable bonds is 6. The van der Waals surface area contributed by atoms with Crippen molar-refractivity contribution in [3.8, 4) is 0 Å². The lowest BCUT2D eigenvalue weighted by molar-refractivity contribution is 0.311. The molecular formula is C12H16O3S. The first kappa shape index (κ1) is 12.9. The molecule has 1 rings (SSSR count). The summed E-state index contributed by atoms with van der Waals surface area (Å²) in [6.07, 6.45) is 3.31. The van der Waals surface area contributed by atoms with Crippen LogP contribution in [0, 0.1) is 0 Å². The molecule has 0 aliphatic heterocycles. The second-order valence-corrected chi connectivity index (χ2v) is 5.02. The molecule has 0 aliphatic carbocycles. The Morgan fingerprint density at radius 3 is 2.44 bits per heavy atom. The highest BCUT2D eigenvalue weighted by molar-refractivity contribution is 7.86.